The van der Waals surface area contributed by atoms with Crippen LogP contribution in [0.5, 0.6) is 0 Å². The molecule has 0 bridgehead atoms. The number of nitrogens with zero attached hydrogens (tertiary/aromatic N) is 3. The van der Waals surface area contributed by atoms with Gasteiger partial charge in [0.2, 0.25) is 0 Å². The van der Waals surface area contributed by atoms with Crippen molar-refractivity contribution >= 4 is 28.4 Å². The largest absolute Gasteiger partial charge is 0.341 e. The highest BCUT2D eigenvalue weighted by atomic mass is 16.6. The monoisotopic (exact) mass is 859 g/mol. The molecule has 0 heterocycles. The zero-order valence-electron chi connectivity index (χ0n) is 40.2. The number of benzene rings is 4. The molecule has 0 aliphatic carbocycles. The van der Waals surface area contributed by atoms with E-state index in [1.54, 1.807) is 12.1 Å². The topological polar surface area (TPSA) is 46.4 Å². The second kappa shape index (κ2) is 32.7. The smallest absolute Gasteiger partial charge is 0.269 e. The van der Waals surface area contributed by atoms with Gasteiger partial charge >= 0.3 is 0 Å². The molecule has 346 valence electrons. The first-order chi connectivity index (χ1) is 31.0. The van der Waals surface area contributed by atoms with Gasteiger partial charge in [-0.2, -0.15) is 0 Å². The summed E-state index contributed by atoms with van der Waals surface area (Å²) in [6.45, 7) is 7.71. The molecule has 0 radical (unpaired) electrons. The maximum atomic E-state index is 11.2. The number of nitro benzene ring substituents is 1. The van der Waals surface area contributed by atoms with E-state index in [0.29, 0.717) is 0 Å². The number of anilines is 2. The van der Waals surface area contributed by atoms with Gasteiger partial charge in [0.1, 0.15) is 11.4 Å². The molecule has 63 heavy (non-hydrogen) atoms. The lowest BCUT2D eigenvalue weighted by molar-refractivity contribution is -0.384. The van der Waals surface area contributed by atoms with Crippen LogP contribution < -0.4 is 9.38 Å². The Morgan fingerprint density at radius 1 is 0.413 bits per heavy atom. The molecular weight excluding hydrogens is 771 g/mol. The summed E-state index contributed by atoms with van der Waals surface area (Å²) in [5.74, 6) is 0. The Morgan fingerprint density at radius 3 is 1.08 bits per heavy atom. The van der Waals surface area contributed by atoms with Gasteiger partial charge in [-0.05, 0) is 87.6 Å². The summed E-state index contributed by atoms with van der Waals surface area (Å²) >= 11 is 0. The molecule has 0 unspecified atom stereocenters. The molecule has 4 aromatic carbocycles. The Labute approximate surface area is 385 Å². The first kappa shape index (κ1) is 51.7. The van der Waals surface area contributed by atoms with E-state index in [1.165, 1.54) is 210 Å². The zero-order valence-corrected chi connectivity index (χ0v) is 40.2. The summed E-state index contributed by atoms with van der Waals surface area (Å²) in [4.78, 5) is 13.2. The van der Waals surface area contributed by atoms with Gasteiger partial charge in [0.25, 0.3) is 5.69 Å². The van der Waals surface area contributed by atoms with E-state index in [9.17, 15) is 10.1 Å². The lowest BCUT2D eigenvalue weighted by Gasteiger charge is -2.38. The number of quaternary nitrogens is 1. The van der Waals surface area contributed by atoms with Crippen molar-refractivity contribution in [3.8, 4) is 0 Å². The molecule has 4 aromatic rings. The average Bonchev–Trinajstić information content (AvgIpc) is 3.31. The summed E-state index contributed by atoms with van der Waals surface area (Å²) < 4.78 is 0.991. The summed E-state index contributed by atoms with van der Waals surface area (Å²) in [5, 5.41) is 11.2. The SMILES string of the molecule is CCCCCCCCCCCCCCCCCC[N+](CCCCCCCCCCCCCCCN(c1ccc(C)cc1)c1ccc([N+](=O)[O-])cc1)(c1ccccc1)c1ccccc1. The molecule has 0 aliphatic heterocycles. The number of unbranched alkanes of at least 4 members (excludes halogenated alkanes) is 27. The fourth-order valence-corrected chi connectivity index (χ4v) is 9.62. The summed E-state index contributed by atoms with van der Waals surface area (Å²) in [6.07, 6.45) is 39.6. The number of hydrogen-bond donors (Lipinski definition) is 0. The van der Waals surface area contributed by atoms with E-state index in [1.807, 2.05) is 12.1 Å². The predicted molar refractivity (Wildman–Crippen MR) is 275 cm³/mol. The van der Waals surface area contributed by atoms with Crippen LogP contribution in [0.4, 0.5) is 28.4 Å². The Morgan fingerprint density at radius 2 is 0.730 bits per heavy atom. The number of hydrogen-bond acceptors (Lipinski definition) is 3. The number of nitro groups is 1. The molecule has 0 amide bonds. The van der Waals surface area contributed by atoms with Crippen LogP contribution in [0.2, 0.25) is 0 Å². The predicted octanol–water partition coefficient (Wildman–Crippen LogP) is 18.7. The van der Waals surface area contributed by atoms with Crippen LogP contribution >= 0.6 is 0 Å². The van der Waals surface area contributed by atoms with Crippen molar-refractivity contribution in [1.29, 1.82) is 0 Å². The summed E-state index contributed by atoms with van der Waals surface area (Å²) in [5.41, 5.74) is 6.43. The average molecular weight is 859 g/mol. The van der Waals surface area contributed by atoms with Crippen LogP contribution in [0.1, 0.15) is 199 Å². The summed E-state index contributed by atoms with van der Waals surface area (Å²) in [7, 11) is 0. The van der Waals surface area contributed by atoms with Gasteiger partial charge in [0.15, 0.2) is 0 Å². The van der Waals surface area contributed by atoms with Crippen molar-refractivity contribution in [1.82, 2.24) is 4.48 Å². The van der Waals surface area contributed by atoms with Crippen molar-refractivity contribution in [2.24, 2.45) is 0 Å². The van der Waals surface area contributed by atoms with E-state index in [-0.39, 0.29) is 10.6 Å². The van der Waals surface area contributed by atoms with Gasteiger partial charge in [-0.1, -0.05) is 215 Å². The number of non-ortho nitro benzene ring substituents is 1. The maximum Gasteiger partial charge on any atom is 0.269 e. The van der Waals surface area contributed by atoms with Crippen molar-refractivity contribution < 1.29 is 4.92 Å². The molecular formula is C58H88N3O2+. The number of para-hydroxylation sites is 2. The fourth-order valence-electron chi connectivity index (χ4n) is 9.62. The molecule has 5 heteroatoms. The Hall–Kier alpha value is -3.96. The Kier molecular flexibility index (Phi) is 26.8. The van der Waals surface area contributed by atoms with Crippen LogP contribution in [-0.4, -0.2) is 24.6 Å². The standard InChI is InChI=1S/C58H88N3O2/c1-3-4-5-6-7-8-9-10-11-12-15-18-21-24-27-36-51-61(57-38-31-29-32-39-57,58-40-33-30-34-41-58)52-37-28-25-22-19-16-13-14-17-20-23-26-35-50-59(54-44-42-53(2)43-45-54)55-46-48-56(49-47-55)60(62)63/h29-34,38-49H,3-28,35-37,50-52H2,1-2H3/q+1. The Balaban J connectivity index is 1.07. The van der Waals surface area contributed by atoms with Crippen LogP contribution in [0.3, 0.4) is 0 Å². The van der Waals surface area contributed by atoms with Gasteiger partial charge < -0.3 is 4.90 Å². The van der Waals surface area contributed by atoms with Crippen LogP contribution in [-0.2, 0) is 0 Å². The molecule has 0 saturated carbocycles. The molecule has 0 saturated heterocycles. The van der Waals surface area contributed by atoms with Crippen molar-refractivity contribution in [3.63, 3.8) is 0 Å². The van der Waals surface area contributed by atoms with Crippen LogP contribution in [0.15, 0.2) is 109 Å². The molecule has 4 rings (SSSR count). The quantitative estimate of drug-likeness (QED) is 0.0195. The lowest BCUT2D eigenvalue weighted by Crippen LogP contribution is -2.46. The van der Waals surface area contributed by atoms with Gasteiger partial charge in [-0.15, -0.1) is 0 Å². The Bertz CT molecular complexity index is 1650. The second-order valence-electron chi connectivity index (χ2n) is 18.7. The fraction of sp³-hybridized carbons (Fsp3) is 0.586. The van der Waals surface area contributed by atoms with Crippen LogP contribution in [0.25, 0.3) is 0 Å². The van der Waals surface area contributed by atoms with Crippen molar-refractivity contribution in [2.75, 3.05) is 24.5 Å². The van der Waals surface area contributed by atoms with Crippen molar-refractivity contribution in [3.05, 3.63) is 125 Å². The molecule has 0 fully saturated rings. The second-order valence-corrected chi connectivity index (χ2v) is 18.7. The highest BCUT2D eigenvalue weighted by Gasteiger charge is 2.32. The maximum absolute atomic E-state index is 11.2. The minimum Gasteiger partial charge on any atom is -0.341 e. The lowest BCUT2D eigenvalue weighted by atomic mass is 10.0. The third kappa shape index (κ3) is 20.6. The minimum absolute atomic E-state index is 0.136. The van der Waals surface area contributed by atoms with Gasteiger partial charge in [0, 0.05) is 30.1 Å². The third-order valence-electron chi connectivity index (χ3n) is 13.5. The molecule has 0 spiro atoms. The normalized spacial score (nSPS) is 11.6. The molecule has 0 aliphatic rings. The first-order valence-electron chi connectivity index (χ1n) is 26.1. The zero-order chi connectivity index (χ0) is 44.5. The van der Waals surface area contributed by atoms with Gasteiger partial charge in [-0.25, -0.2) is 0 Å². The molecule has 5 nitrogen and oxygen atoms in total. The van der Waals surface area contributed by atoms with E-state index in [2.05, 4.69) is 104 Å². The summed E-state index contributed by atoms with van der Waals surface area (Å²) in [6, 6.07) is 38.4. The van der Waals surface area contributed by atoms with E-state index >= 15 is 0 Å². The van der Waals surface area contributed by atoms with Crippen LogP contribution in [0, 0.1) is 17.0 Å². The molecule has 0 aromatic heterocycles. The van der Waals surface area contributed by atoms with Crippen molar-refractivity contribution in [2.45, 2.75) is 200 Å². The van der Waals surface area contributed by atoms with Gasteiger partial charge in [0.05, 0.1) is 18.0 Å². The van der Waals surface area contributed by atoms with E-state index < -0.39 is 0 Å². The number of rotatable bonds is 38. The minimum atomic E-state index is -0.328. The molecule has 0 atom stereocenters. The highest BCUT2D eigenvalue weighted by molar-refractivity contribution is 5.64. The highest BCUT2D eigenvalue weighted by Crippen LogP contribution is 2.36. The van der Waals surface area contributed by atoms with E-state index in [0.717, 1.165) is 28.8 Å². The van der Waals surface area contributed by atoms with E-state index in [4.69, 9.17) is 0 Å². The van der Waals surface area contributed by atoms with Gasteiger partial charge in [-0.3, -0.25) is 14.6 Å². The number of aryl methyl sites for hydroxylation is 1. The third-order valence-corrected chi connectivity index (χ3v) is 13.5. The first-order valence-corrected chi connectivity index (χ1v) is 26.1. The molecule has 0 N–H and O–H groups in total.